The van der Waals surface area contributed by atoms with Gasteiger partial charge in [0, 0.05) is 11.4 Å². The number of aryl methyl sites for hydroxylation is 1. The van der Waals surface area contributed by atoms with Crippen LogP contribution in [-0.2, 0) is 11.2 Å². The van der Waals surface area contributed by atoms with E-state index in [4.69, 9.17) is 0 Å². The van der Waals surface area contributed by atoms with E-state index in [-0.39, 0.29) is 11.8 Å². The standard InChI is InChI=1S/C13H17NOS/c1-2-3-8-14-13(15)11-5-4-6-12-10(11)7-9-16-12/h2,7,9,11H,1,3-6,8H2,(H,14,15). The third-order valence-electron chi connectivity index (χ3n) is 3.02. The molecule has 0 fully saturated rings. The van der Waals surface area contributed by atoms with E-state index in [1.807, 2.05) is 6.08 Å². The summed E-state index contributed by atoms with van der Waals surface area (Å²) < 4.78 is 0. The van der Waals surface area contributed by atoms with Gasteiger partial charge in [-0.3, -0.25) is 4.79 Å². The zero-order chi connectivity index (χ0) is 11.4. The van der Waals surface area contributed by atoms with Crippen molar-refractivity contribution in [1.29, 1.82) is 0 Å². The highest BCUT2D eigenvalue weighted by molar-refractivity contribution is 7.10. The first-order chi connectivity index (χ1) is 7.83. The predicted octanol–water partition coefficient (Wildman–Crippen LogP) is 2.86. The van der Waals surface area contributed by atoms with Gasteiger partial charge in [-0.15, -0.1) is 17.9 Å². The summed E-state index contributed by atoms with van der Waals surface area (Å²) in [5.74, 6) is 0.265. The Bertz CT molecular complexity index is 383. The van der Waals surface area contributed by atoms with E-state index in [1.165, 1.54) is 10.4 Å². The third kappa shape index (κ3) is 2.35. The summed E-state index contributed by atoms with van der Waals surface area (Å²) in [4.78, 5) is 13.4. The molecule has 0 spiro atoms. The predicted molar refractivity (Wildman–Crippen MR) is 67.8 cm³/mol. The monoisotopic (exact) mass is 235 g/mol. The van der Waals surface area contributed by atoms with Crippen LogP contribution in [0.5, 0.6) is 0 Å². The van der Waals surface area contributed by atoms with E-state index < -0.39 is 0 Å². The summed E-state index contributed by atoms with van der Waals surface area (Å²) in [5, 5.41) is 5.08. The van der Waals surface area contributed by atoms with Crippen LogP contribution in [0.25, 0.3) is 0 Å². The molecule has 1 heterocycles. The molecule has 1 aliphatic carbocycles. The van der Waals surface area contributed by atoms with Gasteiger partial charge in [0.2, 0.25) is 5.91 Å². The molecule has 1 aliphatic rings. The highest BCUT2D eigenvalue weighted by atomic mass is 32.1. The first-order valence-electron chi connectivity index (χ1n) is 5.78. The van der Waals surface area contributed by atoms with Gasteiger partial charge in [-0.25, -0.2) is 0 Å². The van der Waals surface area contributed by atoms with Crippen molar-refractivity contribution in [2.45, 2.75) is 31.6 Å². The number of carbonyl (C=O) groups excluding carboxylic acids is 1. The summed E-state index contributed by atoms with van der Waals surface area (Å²) in [6.45, 7) is 4.35. The van der Waals surface area contributed by atoms with Crippen LogP contribution in [0.4, 0.5) is 0 Å². The van der Waals surface area contributed by atoms with E-state index >= 15 is 0 Å². The number of amides is 1. The Hall–Kier alpha value is -1.09. The Morgan fingerprint density at radius 2 is 2.56 bits per heavy atom. The molecule has 1 amide bonds. The number of hydrogen-bond acceptors (Lipinski definition) is 2. The number of nitrogens with one attached hydrogen (secondary N) is 1. The van der Waals surface area contributed by atoms with Gasteiger partial charge in [-0.1, -0.05) is 6.08 Å². The van der Waals surface area contributed by atoms with Crippen LogP contribution >= 0.6 is 11.3 Å². The second kappa shape index (κ2) is 5.30. The van der Waals surface area contributed by atoms with E-state index in [1.54, 1.807) is 11.3 Å². The van der Waals surface area contributed by atoms with Crippen molar-refractivity contribution >= 4 is 17.2 Å². The summed E-state index contributed by atoms with van der Waals surface area (Å²) >= 11 is 1.78. The molecular weight excluding hydrogens is 218 g/mol. The van der Waals surface area contributed by atoms with Crippen LogP contribution in [0, 0.1) is 0 Å². The molecule has 1 N–H and O–H groups in total. The lowest BCUT2D eigenvalue weighted by atomic mass is 9.87. The average Bonchev–Trinajstić information content (AvgIpc) is 2.76. The molecule has 2 rings (SSSR count). The van der Waals surface area contributed by atoms with Gasteiger partial charge < -0.3 is 5.32 Å². The minimum absolute atomic E-state index is 0.0832. The molecule has 1 aromatic heterocycles. The van der Waals surface area contributed by atoms with Crippen LogP contribution < -0.4 is 5.32 Å². The molecule has 0 radical (unpaired) electrons. The summed E-state index contributed by atoms with van der Waals surface area (Å²) in [7, 11) is 0. The quantitative estimate of drug-likeness (QED) is 0.631. The third-order valence-corrected chi connectivity index (χ3v) is 4.01. The maximum Gasteiger partial charge on any atom is 0.227 e. The first-order valence-corrected chi connectivity index (χ1v) is 6.65. The summed E-state index contributed by atoms with van der Waals surface area (Å²) in [6.07, 6.45) is 5.94. The molecule has 0 saturated heterocycles. The summed E-state index contributed by atoms with van der Waals surface area (Å²) in [5.41, 5.74) is 1.26. The van der Waals surface area contributed by atoms with Crippen molar-refractivity contribution < 1.29 is 4.79 Å². The van der Waals surface area contributed by atoms with E-state index in [2.05, 4.69) is 23.3 Å². The topological polar surface area (TPSA) is 29.1 Å². The fourth-order valence-electron chi connectivity index (χ4n) is 2.18. The van der Waals surface area contributed by atoms with Gasteiger partial charge in [-0.2, -0.15) is 0 Å². The van der Waals surface area contributed by atoms with Crippen molar-refractivity contribution in [2.24, 2.45) is 0 Å². The molecule has 0 aliphatic heterocycles. The lowest BCUT2D eigenvalue weighted by molar-refractivity contribution is -0.122. The smallest absolute Gasteiger partial charge is 0.227 e. The molecule has 1 atom stereocenters. The van der Waals surface area contributed by atoms with Crippen LogP contribution in [0.1, 0.15) is 35.6 Å². The largest absolute Gasteiger partial charge is 0.355 e. The molecule has 16 heavy (non-hydrogen) atoms. The molecule has 0 aromatic carbocycles. The van der Waals surface area contributed by atoms with Crippen molar-refractivity contribution in [3.05, 3.63) is 34.5 Å². The second-order valence-electron chi connectivity index (χ2n) is 4.11. The number of carbonyl (C=O) groups is 1. The summed E-state index contributed by atoms with van der Waals surface area (Å²) in [6, 6.07) is 2.11. The highest BCUT2D eigenvalue weighted by Crippen LogP contribution is 2.34. The maximum atomic E-state index is 12.0. The molecule has 1 unspecified atom stereocenters. The van der Waals surface area contributed by atoms with Gasteiger partial charge in [0.1, 0.15) is 0 Å². The normalized spacial score (nSPS) is 18.9. The number of rotatable bonds is 4. The van der Waals surface area contributed by atoms with Gasteiger partial charge in [0.25, 0.3) is 0 Å². The molecular formula is C13H17NOS. The molecule has 3 heteroatoms. The van der Waals surface area contributed by atoms with Crippen LogP contribution in [0.3, 0.4) is 0 Å². The second-order valence-corrected chi connectivity index (χ2v) is 5.11. The Kier molecular flexibility index (Phi) is 3.78. The number of thiophene rings is 1. The zero-order valence-electron chi connectivity index (χ0n) is 9.37. The molecule has 0 saturated carbocycles. The van der Waals surface area contributed by atoms with Crippen LogP contribution in [-0.4, -0.2) is 12.5 Å². The minimum atomic E-state index is 0.0832. The fraction of sp³-hybridized carbons (Fsp3) is 0.462. The van der Waals surface area contributed by atoms with Gasteiger partial charge in [-0.05, 0) is 42.7 Å². The minimum Gasteiger partial charge on any atom is -0.355 e. The van der Waals surface area contributed by atoms with E-state index in [0.717, 1.165) is 25.7 Å². The molecule has 1 aromatic rings. The van der Waals surface area contributed by atoms with Crippen LogP contribution in [0.15, 0.2) is 24.1 Å². The molecule has 86 valence electrons. The SMILES string of the molecule is C=CCCNC(=O)C1CCCc2sccc21. The van der Waals surface area contributed by atoms with Gasteiger partial charge in [0.15, 0.2) is 0 Å². The van der Waals surface area contributed by atoms with Crippen molar-refractivity contribution in [3.8, 4) is 0 Å². The first kappa shape index (κ1) is 11.4. The number of hydrogen-bond donors (Lipinski definition) is 1. The maximum absolute atomic E-state index is 12.0. The molecule has 2 nitrogen and oxygen atoms in total. The molecule has 0 bridgehead atoms. The lowest BCUT2D eigenvalue weighted by Gasteiger charge is -2.21. The van der Waals surface area contributed by atoms with E-state index in [9.17, 15) is 4.79 Å². The Morgan fingerprint density at radius 1 is 1.69 bits per heavy atom. The zero-order valence-corrected chi connectivity index (χ0v) is 10.2. The Morgan fingerprint density at radius 3 is 3.38 bits per heavy atom. The van der Waals surface area contributed by atoms with Crippen molar-refractivity contribution in [3.63, 3.8) is 0 Å². The fourth-order valence-corrected chi connectivity index (χ4v) is 3.17. The average molecular weight is 235 g/mol. The number of fused-ring (bicyclic) bond motifs is 1. The van der Waals surface area contributed by atoms with Crippen LogP contribution in [0.2, 0.25) is 0 Å². The highest BCUT2D eigenvalue weighted by Gasteiger charge is 2.26. The van der Waals surface area contributed by atoms with Crippen molar-refractivity contribution in [2.75, 3.05) is 6.54 Å². The van der Waals surface area contributed by atoms with Crippen molar-refractivity contribution in [1.82, 2.24) is 5.32 Å². The van der Waals surface area contributed by atoms with E-state index in [0.29, 0.717) is 6.54 Å². The Labute approximate surface area is 100 Å². The van der Waals surface area contributed by atoms with Gasteiger partial charge >= 0.3 is 0 Å². The Balaban J connectivity index is 2.00. The lowest BCUT2D eigenvalue weighted by Crippen LogP contribution is -2.31. The van der Waals surface area contributed by atoms with Gasteiger partial charge in [0.05, 0.1) is 5.92 Å².